The molecule has 7 heteroatoms. The third-order valence-electron chi connectivity index (χ3n) is 4.18. The minimum absolute atomic E-state index is 0.0695. The number of sulfone groups is 1. The molecule has 0 aromatic carbocycles. The van der Waals surface area contributed by atoms with Gasteiger partial charge in [-0.2, -0.15) is 4.98 Å². The van der Waals surface area contributed by atoms with Crippen molar-refractivity contribution < 1.29 is 8.42 Å². The molecule has 0 bridgehead atoms. The number of nitrogens with one attached hydrogen (secondary N) is 2. The van der Waals surface area contributed by atoms with Crippen LogP contribution in [0.3, 0.4) is 0 Å². The van der Waals surface area contributed by atoms with Crippen LogP contribution in [0.25, 0.3) is 0 Å². The second-order valence-corrected chi connectivity index (χ2v) is 8.22. The molecule has 1 saturated carbocycles. The van der Waals surface area contributed by atoms with E-state index in [1.807, 2.05) is 6.07 Å². The van der Waals surface area contributed by atoms with Gasteiger partial charge in [0.25, 0.3) is 0 Å². The highest BCUT2D eigenvalue weighted by Gasteiger charge is 2.28. The Morgan fingerprint density at radius 2 is 1.86 bits per heavy atom. The van der Waals surface area contributed by atoms with E-state index in [1.165, 1.54) is 32.1 Å². The van der Waals surface area contributed by atoms with Crippen molar-refractivity contribution in [1.29, 1.82) is 0 Å². The second kappa shape index (κ2) is 6.17. The van der Waals surface area contributed by atoms with Gasteiger partial charge in [-0.3, -0.25) is 0 Å². The van der Waals surface area contributed by atoms with Crippen LogP contribution >= 0.6 is 0 Å². The monoisotopic (exact) mass is 310 g/mol. The van der Waals surface area contributed by atoms with Gasteiger partial charge in [0.1, 0.15) is 5.82 Å². The molecule has 1 aromatic heterocycles. The lowest BCUT2D eigenvalue weighted by Crippen LogP contribution is -2.24. The molecule has 2 fully saturated rings. The highest BCUT2D eigenvalue weighted by atomic mass is 32.2. The van der Waals surface area contributed by atoms with Gasteiger partial charge in [0.15, 0.2) is 9.84 Å². The minimum atomic E-state index is -2.88. The van der Waals surface area contributed by atoms with Crippen LogP contribution in [0, 0.1) is 0 Å². The summed E-state index contributed by atoms with van der Waals surface area (Å²) >= 11 is 0. The maximum atomic E-state index is 11.5. The van der Waals surface area contributed by atoms with E-state index in [4.69, 9.17) is 0 Å². The van der Waals surface area contributed by atoms with Crippen molar-refractivity contribution in [3.63, 3.8) is 0 Å². The Morgan fingerprint density at radius 3 is 2.57 bits per heavy atom. The van der Waals surface area contributed by atoms with Crippen LogP contribution in [0.4, 0.5) is 11.8 Å². The van der Waals surface area contributed by atoms with Gasteiger partial charge in [-0.15, -0.1) is 0 Å². The first kappa shape index (κ1) is 14.6. The third kappa shape index (κ3) is 4.06. The predicted octanol–water partition coefficient (Wildman–Crippen LogP) is 1.82. The third-order valence-corrected chi connectivity index (χ3v) is 5.95. The molecule has 3 rings (SSSR count). The number of nitrogens with zero attached hydrogens (tertiary/aromatic N) is 2. The quantitative estimate of drug-likeness (QED) is 0.882. The summed E-state index contributed by atoms with van der Waals surface area (Å²) in [6.45, 7) is 0. The maximum absolute atomic E-state index is 11.5. The smallest absolute Gasteiger partial charge is 0.224 e. The fraction of sp³-hybridized carbons (Fsp3) is 0.714. The summed E-state index contributed by atoms with van der Waals surface area (Å²) < 4.78 is 22.9. The molecule has 6 nitrogen and oxygen atoms in total. The van der Waals surface area contributed by atoms with E-state index in [0.717, 1.165) is 5.82 Å². The van der Waals surface area contributed by atoms with Crippen LogP contribution in [0.5, 0.6) is 0 Å². The maximum Gasteiger partial charge on any atom is 0.224 e. The summed E-state index contributed by atoms with van der Waals surface area (Å²) in [6, 6.07) is 2.29. The molecule has 1 saturated heterocycles. The standard InChI is InChI=1S/C14H22N4O2S/c19-21(20)9-7-12(10-21)17-14-15-8-6-13(18-14)16-11-4-2-1-3-5-11/h6,8,11-12H,1-5,7,9-10H2,(H2,15,16,17,18). The Balaban J connectivity index is 1.60. The number of hydrogen-bond acceptors (Lipinski definition) is 6. The van der Waals surface area contributed by atoms with E-state index in [-0.39, 0.29) is 17.5 Å². The highest BCUT2D eigenvalue weighted by Crippen LogP contribution is 2.21. The summed E-state index contributed by atoms with van der Waals surface area (Å²) in [4.78, 5) is 8.64. The average molecular weight is 310 g/mol. The zero-order valence-corrected chi connectivity index (χ0v) is 12.9. The van der Waals surface area contributed by atoms with Gasteiger partial charge in [0.05, 0.1) is 11.5 Å². The molecule has 1 unspecified atom stereocenters. The van der Waals surface area contributed by atoms with Gasteiger partial charge in [-0.1, -0.05) is 19.3 Å². The van der Waals surface area contributed by atoms with E-state index < -0.39 is 9.84 Å². The van der Waals surface area contributed by atoms with E-state index in [1.54, 1.807) is 6.20 Å². The van der Waals surface area contributed by atoms with Gasteiger partial charge >= 0.3 is 0 Å². The van der Waals surface area contributed by atoms with E-state index in [0.29, 0.717) is 18.4 Å². The lowest BCUT2D eigenvalue weighted by molar-refractivity contribution is 0.462. The molecule has 2 N–H and O–H groups in total. The molecule has 0 radical (unpaired) electrons. The Labute approximate surface area is 125 Å². The van der Waals surface area contributed by atoms with E-state index in [9.17, 15) is 8.42 Å². The molecule has 2 aliphatic rings. The van der Waals surface area contributed by atoms with Gasteiger partial charge in [0.2, 0.25) is 5.95 Å². The first-order valence-corrected chi connectivity index (χ1v) is 9.49. The van der Waals surface area contributed by atoms with Crippen LogP contribution in [0.2, 0.25) is 0 Å². The molecule has 0 spiro atoms. The van der Waals surface area contributed by atoms with Crippen molar-refractivity contribution in [3.8, 4) is 0 Å². The normalized spacial score (nSPS) is 25.6. The summed E-state index contributed by atoms with van der Waals surface area (Å²) in [5, 5.41) is 6.59. The van der Waals surface area contributed by atoms with E-state index >= 15 is 0 Å². The second-order valence-electron chi connectivity index (χ2n) is 5.99. The van der Waals surface area contributed by atoms with Crippen molar-refractivity contribution in [2.24, 2.45) is 0 Å². The van der Waals surface area contributed by atoms with Crippen LogP contribution in [-0.2, 0) is 9.84 Å². The molecule has 2 heterocycles. The molecule has 1 atom stereocenters. The largest absolute Gasteiger partial charge is 0.367 e. The first-order valence-electron chi connectivity index (χ1n) is 7.67. The minimum Gasteiger partial charge on any atom is -0.367 e. The van der Waals surface area contributed by atoms with Crippen molar-refractivity contribution in [2.75, 3.05) is 22.1 Å². The average Bonchev–Trinajstić information content (AvgIpc) is 2.79. The zero-order chi connectivity index (χ0) is 14.7. The topological polar surface area (TPSA) is 84.0 Å². The van der Waals surface area contributed by atoms with Crippen molar-refractivity contribution in [2.45, 2.75) is 50.6 Å². The Hall–Kier alpha value is -1.37. The first-order chi connectivity index (χ1) is 10.1. The van der Waals surface area contributed by atoms with Gasteiger partial charge in [-0.05, 0) is 25.3 Å². The number of anilines is 2. The zero-order valence-electron chi connectivity index (χ0n) is 12.1. The molecular formula is C14H22N4O2S. The number of rotatable bonds is 4. The summed E-state index contributed by atoms with van der Waals surface area (Å²) in [7, 11) is -2.88. The van der Waals surface area contributed by atoms with Crippen molar-refractivity contribution in [1.82, 2.24) is 9.97 Å². The van der Waals surface area contributed by atoms with Gasteiger partial charge < -0.3 is 10.6 Å². The van der Waals surface area contributed by atoms with Crippen LogP contribution in [0.15, 0.2) is 12.3 Å². The summed E-state index contributed by atoms with van der Waals surface area (Å²) in [5.41, 5.74) is 0. The SMILES string of the molecule is O=S1(=O)CCC(Nc2nccc(NC3CCCCC3)n2)C1. The lowest BCUT2D eigenvalue weighted by atomic mass is 9.95. The molecule has 1 aliphatic carbocycles. The Bertz CT molecular complexity index is 584. The van der Waals surface area contributed by atoms with Crippen LogP contribution in [-0.4, -0.2) is 42.0 Å². The molecule has 1 aliphatic heterocycles. The molecular weight excluding hydrogens is 288 g/mol. The lowest BCUT2D eigenvalue weighted by Gasteiger charge is -2.23. The molecule has 21 heavy (non-hydrogen) atoms. The Morgan fingerprint density at radius 1 is 1.05 bits per heavy atom. The molecule has 0 amide bonds. The number of aromatic nitrogens is 2. The highest BCUT2D eigenvalue weighted by molar-refractivity contribution is 7.91. The molecule has 1 aromatic rings. The summed E-state index contributed by atoms with van der Waals surface area (Å²) in [6.07, 6.45) is 8.59. The summed E-state index contributed by atoms with van der Waals surface area (Å²) in [5.74, 6) is 1.76. The molecule has 116 valence electrons. The van der Waals surface area contributed by atoms with E-state index in [2.05, 4.69) is 20.6 Å². The van der Waals surface area contributed by atoms with Crippen molar-refractivity contribution in [3.05, 3.63) is 12.3 Å². The van der Waals surface area contributed by atoms with Crippen LogP contribution < -0.4 is 10.6 Å². The Kier molecular flexibility index (Phi) is 4.28. The fourth-order valence-electron chi connectivity index (χ4n) is 3.06. The van der Waals surface area contributed by atoms with Crippen molar-refractivity contribution >= 4 is 21.6 Å². The van der Waals surface area contributed by atoms with Crippen LogP contribution in [0.1, 0.15) is 38.5 Å². The number of hydrogen-bond donors (Lipinski definition) is 2. The fourth-order valence-corrected chi connectivity index (χ4v) is 4.73. The van der Waals surface area contributed by atoms with Gasteiger partial charge in [0, 0.05) is 18.3 Å². The van der Waals surface area contributed by atoms with Gasteiger partial charge in [-0.25, -0.2) is 13.4 Å². The predicted molar refractivity (Wildman–Crippen MR) is 83.2 cm³/mol.